The third-order valence-corrected chi connectivity index (χ3v) is 3.84. The fourth-order valence-electron chi connectivity index (χ4n) is 2.88. The molecule has 0 spiro atoms. The van der Waals surface area contributed by atoms with Crippen LogP contribution in [0.3, 0.4) is 0 Å². The Hall–Kier alpha value is -1.28. The van der Waals surface area contributed by atoms with Crippen LogP contribution >= 0.6 is 0 Å². The third kappa shape index (κ3) is 1.05. The first-order valence-corrected chi connectivity index (χ1v) is 5.78. The fourth-order valence-corrected chi connectivity index (χ4v) is 2.88. The number of aliphatic hydroxyl groups excluding tert-OH is 1. The van der Waals surface area contributed by atoms with Gasteiger partial charge in [-0.05, 0) is 18.6 Å². The number of aryl methyl sites for hydroxylation is 1. The SMILES string of the molecule is Cc1c2n(c3ccccc13)CC(C)(C)C2O. The molecule has 1 aromatic carbocycles. The molecule has 0 radical (unpaired) electrons. The molecular formula is C14H17NO. The summed E-state index contributed by atoms with van der Waals surface area (Å²) in [7, 11) is 0. The lowest BCUT2D eigenvalue weighted by Gasteiger charge is -2.21. The maximum absolute atomic E-state index is 10.4. The van der Waals surface area contributed by atoms with Crippen molar-refractivity contribution >= 4 is 10.9 Å². The van der Waals surface area contributed by atoms with Crippen LogP contribution in [-0.4, -0.2) is 9.67 Å². The first-order valence-electron chi connectivity index (χ1n) is 5.78. The summed E-state index contributed by atoms with van der Waals surface area (Å²) in [4.78, 5) is 0. The minimum Gasteiger partial charge on any atom is -0.386 e. The fraction of sp³-hybridized carbons (Fsp3) is 0.429. The van der Waals surface area contributed by atoms with Gasteiger partial charge in [0.2, 0.25) is 0 Å². The molecule has 1 N–H and O–H groups in total. The van der Waals surface area contributed by atoms with Gasteiger partial charge in [0.25, 0.3) is 0 Å². The minimum absolute atomic E-state index is 0.0515. The van der Waals surface area contributed by atoms with E-state index < -0.39 is 0 Å². The Kier molecular flexibility index (Phi) is 1.79. The molecule has 1 unspecified atom stereocenters. The standard InChI is InChI=1S/C14H17NO/c1-9-10-6-4-5-7-11(10)15-8-14(2,3)13(16)12(9)15/h4-7,13,16H,8H2,1-3H3. The molecule has 1 atom stereocenters. The summed E-state index contributed by atoms with van der Waals surface area (Å²) in [5, 5.41) is 11.6. The van der Waals surface area contributed by atoms with Crippen LogP contribution in [0.4, 0.5) is 0 Å². The Labute approximate surface area is 95.5 Å². The van der Waals surface area contributed by atoms with Gasteiger partial charge in [0, 0.05) is 22.9 Å². The summed E-state index contributed by atoms with van der Waals surface area (Å²) in [6, 6.07) is 8.39. The van der Waals surface area contributed by atoms with Crippen LogP contribution in [0.15, 0.2) is 24.3 Å². The monoisotopic (exact) mass is 215 g/mol. The molecule has 2 aromatic rings. The summed E-state index contributed by atoms with van der Waals surface area (Å²) < 4.78 is 2.27. The van der Waals surface area contributed by atoms with E-state index in [-0.39, 0.29) is 11.5 Å². The lowest BCUT2D eigenvalue weighted by Crippen LogP contribution is -2.18. The highest BCUT2D eigenvalue weighted by atomic mass is 16.3. The van der Waals surface area contributed by atoms with Gasteiger partial charge in [0.1, 0.15) is 6.10 Å². The lowest BCUT2D eigenvalue weighted by atomic mass is 9.87. The highest BCUT2D eigenvalue weighted by Gasteiger charge is 2.40. The molecule has 3 rings (SSSR count). The Morgan fingerprint density at radius 1 is 1.31 bits per heavy atom. The molecule has 0 amide bonds. The number of benzene rings is 1. The highest BCUT2D eigenvalue weighted by molar-refractivity contribution is 5.85. The molecule has 0 aliphatic carbocycles. The summed E-state index contributed by atoms with van der Waals surface area (Å²) in [5.74, 6) is 0. The number of aliphatic hydroxyl groups is 1. The van der Waals surface area contributed by atoms with Crippen LogP contribution < -0.4 is 0 Å². The maximum Gasteiger partial charge on any atom is 0.101 e. The van der Waals surface area contributed by atoms with Gasteiger partial charge < -0.3 is 9.67 Å². The van der Waals surface area contributed by atoms with Crippen LogP contribution in [0.25, 0.3) is 10.9 Å². The van der Waals surface area contributed by atoms with Gasteiger partial charge in [0.05, 0.1) is 5.69 Å². The minimum atomic E-state index is -0.347. The quantitative estimate of drug-likeness (QED) is 0.718. The Balaban J connectivity index is 2.36. The van der Waals surface area contributed by atoms with Gasteiger partial charge in [-0.15, -0.1) is 0 Å². The summed E-state index contributed by atoms with van der Waals surface area (Å²) >= 11 is 0. The van der Waals surface area contributed by atoms with Crippen molar-refractivity contribution in [2.75, 3.05) is 0 Å². The van der Waals surface area contributed by atoms with Crippen molar-refractivity contribution in [3.8, 4) is 0 Å². The predicted molar refractivity (Wildman–Crippen MR) is 65.4 cm³/mol. The molecule has 0 saturated heterocycles. The third-order valence-electron chi connectivity index (χ3n) is 3.84. The molecular weight excluding hydrogens is 198 g/mol. The number of hydrogen-bond acceptors (Lipinski definition) is 1. The van der Waals surface area contributed by atoms with Gasteiger partial charge in [-0.1, -0.05) is 32.0 Å². The van der Waals surface area contributed by atoms with Crippen LogP contribution in [-0.2, 0) is 6.54 Å². The molecule has 0 bridgehead atoms. The Morgan fingerprint density at radius 3 is 2.75 bits per heavy atom. The van der Waals surface area contributed by atoms with Crippen molar-refractivity contribution in [2.45, 2.75) is 33.4 Å². The Bertz CT molecular complexity index is 565. The molecule has 2 heteroatoms. The smallest absolute Gasteiger partial charge is 0.101 e. The van der Waals surface area contributed by atoms with Gasteiger partial charge in [-0.2, -0.15) is 0 Å². The molecule has 16 heavy (non-hydrogen) atoms. The van der Waals surface area contributed by atoms with Crippen LogP contribution in [0, 0.1) is 12.3 Å². The maximum atomic E-state index is 10.4. The van der Waals surface area contributed by atoms with Crippen LogP contribution in [0.5, 0.6) is 0 Å². The van der Waals surface area contributed by atoms with Gasteiger partial charge in [-0.25, -0.2) is 0 Å². The van der Waals surface area contributed by atoms with E-state index in [1.165, 1.54) is 16.5 Å². The van der Waals surface area contributed by atoms with E-state index in [0.717, 1.165) is 12.2 Å². The lowest BCUT2D eigenvalue weighted by molar-refractivity contribution is 0.0648. The summed E-state index contributed by atoms with van der Waals surface area (Å²) in [6.07, 6.45) is -0.347. The van der Waals surface area contributed by atoms with E-state index in [1.54, 1.807) is 0 Å². The molecule has 1 aromatic heterocycles. The average molecular weight is 215 g/mol. The van der Waals surface area contributed by atoms with E-state index in [0.29, 0.717) is 0 Å². The van der Waals surface area contributed by atoms with Gasteiger partial charge in [0.15, 0.2) is 0 Å². The summed E-state index contributed by atoms with van der Waals surface area (Å²) in [5.41, 5.74) is 3.53. The first-order chi connectivity index (χ1) is 7.52. The zero-order valence-electron chi connectivity index (χ0n) is 9.99. The van der Waals surface area contributed by atoms with Gasteiger partial charge >= 0.3 is 0 Å². The van der Waals surface area contributed by atoms with E-state index >= 15 is 0 Å². The van der Waals surface area contributed by atoms with E-state index in [2.05, 4.69) is 49.6 Å². The van der Waals surface area contributed by atoms with E-state index in [4.69, 9.17) is 0 Å². The first kappa shape index (κ1) is 9.91. The predicted octanol–water partition coefficient (Wildman–Crippen LogP) is 3.02. The summed E-state index contributed by atoms with van der Waals surface area (Å²) in [6.45, 7) is 7.26. The normalized spacial score (nSPS) is 22.6. The number of rotatable bonds is 0. The average Bonchev–Trinajstić information content (AvgIpc) is 2.64. The number of para-hydroxylation sites is 1. The van der Waals surface area contributed by atoms with Crippen molar-refractivity contribution in [1.29, 1.82) is 0 Å². The number of hydrogen-bond donors (Lipinski definition) is 1. The second kappa shape index (κ2) is 2.89. The zero-order valence-corrected chi connectivity index (χ0v) is 9.99. The molecule has 2 nitrogen and oxygen atoms in total. The van der Waals surface area contributed by atoms with Crippen molar-refractivity contribution < 1.29 is 5.11 Å². The van der Waals surface area contributed by atoms with Crippen LogP contribution in [0.1, 0.15) is 31.2 Å². The molecule has 1 aliphatic heterocycles. The molecule has 0 saturated carbocycles. The topological polar surface area (TPSA) is 25.2 Å². The second-order valence-corrected chi connectivity index (χ2v) is 5.50. The van der Waals surface area contributed by atoms with E-state index in [1.807, 2.05) is 0 Å². The van der Waals surface area contributed by atoms with Gasteiger partial charge in [-0.3, -0.25) is 0 Å². The zero-order chi connectivity index (χ0) is 11.5. The van der Waals surface area contributed by atoms with Crippen molar-refractivity contribution in [2.24, 2.45) is 5.41 Å². The number of nitrogens with zero attached hydrogens (tertiary/aromatic N) is 1. The molecule has 0 fully saturated rings. The van der Waals surface area contributed by atoms with E-state index in [9.17, 15) is 5.11 Å². The number of fused-ring (bicyclic) bond motifs is 3. The van der Waals surface area contributed by atoms with Crippen molar-refractivity contribution in [1.82, 2.24) is 4.57 Å². The Morgan fingerprint density at radius 2 is 2.00 bits per heavy atom. The van der Waals surface area contributed by atoms with Crippen molar-refractivity contribution in [3.05, 3.63) is 35.5 Å². The molecule has 1 aliphatic rings. The molecule has 84 valence electrons. The number of aromatic nitrogens is 1. The largest absolute Gasteiger partial charge is 0.386 e. The van der Waals surface area contributed by atoms with Crippen molar-refractivity contribution in [3.63, 3.8) is 0 Å². The highest BCUT2D eigenvalue weighted by Crippen LogP contribution is 2.46. The van der Waals surface area contributed by atoms with Crippen LogP contribution in [0.2, 0.25) is 0 Å². The second-order valence-electron chi connectivity index (χ2n) is 5.50. The molecule has 2 heterocycles.